The maximum atomic E-state index is 11.4. The Hall–Kier alpha value is -2.80. The van der Waals surface area contributed by atoms with Gasteiger partial charge in [0.2, 0.25) is 5.91 Å². The van der Waals surface area contributed by atoms with Gasteiger partial charge >= 0.3 is 5.97 Å². The van der Waals surface area contributed by atoms with Gasteiger partial charge in [-0.15, -0.1) is 0 Å². The zero-order valence-corrected chi connectivity index (χ0v) is 14.7. The van der Waals surface area contributed by atoms with Gasteiger partial charge in [-0.05, 0) is 37.1 Å². The van der Waals surface area contributed by atoms with Crippen LogP contribution in [0.5, 0.6) is 0 Å². The van der Waals surface area contributed by atoms with Gasteiger partial charge in [0.05, 0.1) is 23.8 Å². The van der Waals surface area contributed by atoms with Gasteiger partial charge < -0.3 is 10.4 Å². The molecule has 1 aromatic heterocycles. The van der Waals surface area contributed by atoms with Crippen LogP contribution in [0.4, 0.5) is 0 Å². The molecule has 1 aliphatic heterocycles. The number of benzene rings is 1. The molecule has 1 aromatic carbocycles. The standard InChI is InChI=1S/C19H22N4O3/c1-13(24)21-11-15-8-9-20-18(22-15)17-7-4-10-23(17)12-14-5-2-3-6-16(14)19(25)26/h2-3,5-6,8-9,17H,4,7,10-12H2,1H3,(H,21,24)(H,25,26)/t17-/m1/s1. The summed E-state index contributed by atoms with van der Waals surface area (Å²) in [5, 5.41) is 12.1. The van der Waals surface area contributed by atoms with E-state index in [1.807, 2.05) is 12.1 Å². The normalized spacial score (nSPS) is 17.2. The molecule has 0 saturated carbocycles. The molecule has 1 aliphatic rings. The van der Waals surface area contributed by atoms with Crippen LogP contribution in [0.3, 0.4) is 0 Å². The second-order valence-electron chi connectivity index (χ2n) is 6.41. The van der Waals surface area contributed by atoms with Crippen molar-refractivity contribution >= 4 is 11.9 Å². The summed E-state index contributed by atoms with van der Waals surface area (Å²) in [6.45, 7) is 3.27. The van der Waals surface area contributed by atoms with Gasteiger partial charge in [0, 0.05) is 19.7 Å². The minimum Gasteiger partial charge on any atom is -0.478 e. The number of carbonyl (C=O) groups excluding carboxylic acids is 1. The molecule has 1 atom stereocenters. The van der Waals surface area contributed by atoms with Gasteiger partial charge in [0.1, 0.15) is 5.82 Å². The number of nitrogens with zero attached hydrogens (tertiary/aromatic N) is 3. The number of amides is 1. The minimum absolute atomic E-state index is 0.0501. The lowest BCUT2D eigenvalue weighted by Crippen LogP contribution is -2.26. The van der Waals surface area contributed by atoms with Crippen molar-refractivity contribution < 1.29 is 14.7 Å². The molecule has 0 unspecified atom stereocenters. The summed E-state index contributed by atoms with van der Waals surface area (Å²) in [7, 11) is 0. The van der Waals surface area contributed by atoms with E-state index in [1.54, 1.807) is 24.4 Å². The number of hydrogen-bond donors (Lipinski definition) is 2. The molecule has 7 heteroatoms. The van der Waals surface area contributed by atoms with Crippen molar-refractivity contribution in [2.24, 2.45) is 0 Å². The average molecular weight is 354 g/mol. The maximum absolute atomic E-state index is 11.4. The summed E-state index contributed by atoms with van der Waals surface area (Å²) in [5.41, 5.74) is 1.89. The van der Waals surface area contributed by atoms with Crippen molar-refractivity contribution in [2.75, 3.05) is 6.54 Å². The Labute approximate surface area is 152 Å². The predicted molar refractivity (Wildman–Crippen MR) is 95.3 cm³/mol. The van der Waals surface area contributed by atoms with Crippen molar-refractivity contribution in [3.63, 3.8) is 0 Å². The van der Waals surface area contributed by atoms with Crippen LogP contribution in [0.15, 0.2) is 36.5 Å². The molecule has 7 nitrogen and oxygen atoms in total. The quantitative estimate of drug-likeness (QED) is 0.825. The van der Waals surface area contributed by atoms with Crippen molar-refractivity contribution in [1.82, 2.24) is 20.2 Å². The van der Waals surface area contributed by atoms with E-state index in [2.05, 4.69) is 20.2 Å². The first-order valence-electron chi connectivity index (χ1n) is 8.66. The fraction of sp³-hybridized carbons (Fsp3) is 0.368. The summed E-state index contributed by atoms with van der Waals surface area (Å²) in [5.74, 6) is -0.291. The molecule has 2 heterocycles. The number of likely N-dealkylation sites (tertiary alicyclic amines) is 1. The zero-order chi connectivity index (χ0) is 18.5. The van der Waals surface area contributed by atoms with Crippen molar-refractivity contribution in [3.8, 4) is 0 Å². The molecule has 26 heavy (non-hydrogen) atoms. The summed E-state index contributed by atoms with van der Waals surface area (Å²) >= 11 is 0. The lowest BCUT2D eigenvalue weighted by molar-refractivity contribution is -0.119. The number of aromatic nitrogens is 2. The van der Waals surface area contributed by atoms with E-state index in [9.17, 15) is 14.7 Å². The Morgan fingerprint density at radius 1 is 1.31 bits per heavy atom. The van der Waals surface area contributed by atoms with Crippen molar-refractivity contribution in [3.05, 3.63) is 59.2 Å². The lowest BCUT2D eigenvalue weighted by atomic mass is 10.1. The Kier molecular flexibility index (Phi) is 5.58. The minimum atomic E-state index is -0.912. The van der Waals surface area contributed by atoms with Gasteiger partial charge in [0.15, 0.2) is 0 Å². The maximum Gasteiger partial charge on any atom is 0.336 e. The number of carboxylic acid groups (broad SMARTS) is 1. The van der Waals surface area contributed by atoms with Crippen molar-refractivity contribution in [1.29, 1.82) is 0 Å². The second-order valence-corrected chi connectivity index (χ2v) is 6.41. The van der Waals surface area contributed by atoms with E-state index in [0.29, 0.717) is 18.7 Å². The summed E-state index contributed by atoms with van der Waals surface area (Å²) in [4.78, 5) is 33.8. The molecule has 1 fully saturated rings. The predicted octanol–water partition coefficient (Wildman–Crippen LogP) is 2.15. The van der Waals surface area contributed by atoms with Crippen LogP contribution >= 0.6 is 0 Å². The molecule has 0 radical (unpaired) electrons. The highest BCUT2D eigenvalue weighted by Gasteiger charge is 2.29. The van der Waals surface area contributed by atoms with Crippen LogP contribution in [-0.4, -0.2) is 38.4 Å². The Morgan fingerprint density at radius 3 is 2.88 bits per heavy atom. The number of hydrogen-bond acceptors (Lipinski definition) is 5. The summed E-state index contributed by atoms with van der Waals surface area (Å²) in [6, 6.07) is 8.92. The Balaban J connectivity index is 1.78. The van der Waals surface area contributed by atoms with Gasteiger partial charge in [-0.25, -0.2) is 14.8 Å². The van der Waals surface area contributed by atoms with E-state index in [1.165, 1.54) is 6.92 Å². The van der Waals surface area contributed by atoms with E-state index in [-0.39, 0.29) is 11.9 Å². The monoisotopic (exact) mass is 354 g/mol. The molecular formula is C19H22N4O3. The Morgan fingerprint density at radius 2 is 2.12 bits per heavy atom. The van der Waals surface area contributed by atoms with Gasteiger partial charge in [-0.3, -0.25) is 9.69 Å². The van der Waals surface area contributed by atoms with Crippen LogP contribution in [0.25, 0.3) is 0 Å². The van der Waals surface area contributed by atoms with Crippen LogP contribution in [0.1, 0.15) is 53.2 Å². The van der Waals surface area contributed by atoms with E-state index in [0.717, 1.165) is 36.5 Å². The van der Waals surface area contributed by atoms with E-state index < -0.39 is 5.97 Å². The van der Waals surface area contributed by atoms with Gasteiger partial charge in [0.25, 0.3) is 0 Å². The van der Waals surface area contributed by atoms with Crippen LogP contribution in [-0.2, 0) is 17.9 Å². The molecular weight excluding hydrogens is 332 g/mol. The number of aromatic carboxylic acids is 1. The molecule has 1 amide bonds. The third-order valence-corrected chi connectivity index (χ3v) is 4.53. The first-order valence-corrected chi connectivity index (χ1v) is 8.66. The molecule has 2 N–H and O–H groups in total. The summed E-state index contributed by atoms with van der Waals surface area (Å²) in [6.07, 6.45) is 3.65. The topological polar surface area (TPSA) is 95.4 Å². The molecule has 136 valence electrons. The number of nitrogens with one attached hydrogen (secondary N) is 1. The molecule has 3 rings (SSSR count). The fourth-order valence-corrected chi connectivity index (χ4v) is 3.28. The van der Waals surface area contributed by atoms with Crippen LogP contribution < -0.4 is 5.32 Å². The van der Waals surface area contributed by atoms with Crippen LogP contribution in [0, 0.1) is 0 Å². The highest BCUT2D eigenvalue weighted by atomic mass is 16.4. The molecule has 0 aliphatic carbocycles. The van der Waals surface area contributed by atoms with E-state index in [4.69, 9.17) is 0 Å². The molecule has 0 spiro atoms. The van der Waals surface area contributed by atoms with Crippen LogP contribution in [0.2, 0.25) is 0 Å². The number of rotatable bonds is 6. The highest BCUT2D eigenvalue weighted by molar-refractivity contribution is 5.89. The molecule has 0 bridgehead atoms. The zero-order valence-electron chi connectivity index (χ0n) is 14.7. The smallest absolute Gasteiger partial charge is 0.336 e. The first-order chi connectivity index (χ1) is 12.5. The SMILES string of the molecule is CC(=O)NCc1ccnc([C@H]2CCCN2Cc2ccccc2C(=O)O)n1. The largest absolute Gasteiger partial charge is 0.478 e. The third-order valence-electron chi connectivity index (χ3n) is 4.53. The van der Waals surface area contributed by atoms with Gasteiger partial charge in [-0.2, -0.15) is 0 Å². The summed E-state index contributed by atoms with van der Waals surface area (Å²) < 4.78 is 0. The molecule has 1 saturated heterocycles. The lowest BCUT2D eigenvalue weighted by Gasteiger charge is -2.24. The van der Waals surface area contributed by atoms with Gasteiger partial charge in [-0.1, -0.05) is 18.2 Å². The second kappa shape index (κ2) is 8.05. The Bertz CT molecular complexity index is 809. The van der Waals surface area contributed by atoms with E-state index >= 15 is 0 Å². The first kappa shape index (κ1) is 18.0. The third kappa shape index (κ3) is 4.23. The number of carboxylic acids is 1. The average Bonchev–Trinajstić information content (AvgIpc) is 3.08. The highest BCUT2D eigenvalue weighted by Crippen LogP contribution is 2.31. The fourth-order valence-electron chi connectivity index (χ4n) is 3.28. The van der Waals surface area contributed by atoms with Crippen molar-refractivity contribution in [2.45, 2.75) is 38.9 Å². The number of carbonyl (C=O) groups is 2. The molecule has 2 aromatic rings.